The summed E-state index contributed by atoms with van der Waals surface area (Å²) in [5, 5.41) is 3.54. The molecule has 0 bridgehead atoms. The Bertz CT molecular complexity index is 429. The maximum absolute atomic E-state index is 13.5. The van der Waals surface area contributed by atoms with Gasteiger partial charge in [-0.1, -0.05) is 12.1 Å². The van der Waals surface area contributed by atoms with Crippen molar-refractivity contribution in [3.63, 3.8) is 0 Å². The van der Waals surface area contributed by atoms with Gasteiger partial charge in [0.05, 0.1) is 0 Å². The second-order valence-corrected chi connectivity index (χ2v) is 5.85. The largest absolute Gasteiger partial charge is 0.385 e. The summed E-state index contributed by atoms with van der Waals surface area (Å²) in [5.41, 5.74) is 2.15. The smallest absolute Gasteiger partial charge is 0.126 e. The molecule has 0 amide bonds. The van der Waals surface area contributed by atoms with Crippen LogP contribution < -0.4 is 5.32 Å². The average molecular weight is 265 g/mol. The summed E-state index contributed by atoms with van der Waals surface area (Å²) in [5.74, 6) is -0.119. The summed E-state index contributed by atoms with van der Waals surface area (Å²) in [6.07, 6.45) is 3.67. The molecule has 0 saturated heterocycles. The highest BCUT2D eigenvalue weighted by atomic mass is 19.1. The molecule has 1 aliphatic carbocycles. The van der Waals surface area contributed by atoms with Crippen molar-refractivity contribution in [2.45, 2.75) is 39.2 Å². The van der Waals surface area contributed by atoms with Crippen LogP contribution in [-0.2, 0) is 4.74 Å². The van der Waals surface area contributed by atoms with Crippen molar-refractivity contribution in [3.8, 4) is 0 Å². The number of benzene rings is 1. The zero-order chi connectivity index (χ0) is 13.9. The van der Waals surface area contributed by atoms with Gasteiger partial charge in [0.25, 0.3) is 0 Å². The van der Waals surface area contributed by atoms with E-state index in [0.29, 0.717) is 11.0 Å². The van der Waals surface area contributed by atoms with E-state index in [1.54, 1.807) is 20.1 Å². The lowest BCUT2D eigenvalue weighted by atomic mass is 10.0. The van der Waals surface area contributed by atoms with E-state index in [1.165, 1.54) is 12.8 Å². The van der Waals surface area contributed by atoms with E-state index >= 15 is 0 Å². The maximum atomic E-state index is 13.5. The van der Waals surface area contributed by atoms with E-state index in [-0.39, 0.29) is 11.9 Å². The summed E-state index contributed by atoms with van der Waals surface area (Å²) >= 11 is 0. The molecule has 1 fully saturated rings. The Morgan fingerprint density at radius 3 is 2.74 bits per heavy atom. The van der Waals surface area contributed by atoms with Crippen LogP contribution in [0.3, 0.4) is 0 Å². The first-order chi connectivity index (χ1) is 9.06. The molecule has 0 aromatic heterocycles. The standard InChI is InChI=1S/C16H24FNO/c1-12-4-5-14(10-15(12)17)13(2)18-11-16(6-7-16)8-9-19-3/h4-5,10,13,18H,6-9,11H2,1-3H3. The molecule has 1 atom stereocenters. The normalized spacial score (nSPS) is 18.3. The lowest BCUT2D eigenvalue weighted by molar-refractivity contribution is 0.170. The molecule has 1 N–H and O–H groups in total. The van der Waals surface area contributed by atoms with E-state index in [0.717, 1.165) is 25.1 Å². The van der Waals surface area contributed by atoms with Gasteiger partial charge in [0.2, 0.25) is 0 Å². The van der Waals surface area contributed by atoms with Gasteiger partial charge in [-0.05, 0) is 55.7 Å². The highest BCUT2D eigenvalue weighted by Crippen LogP contribution is 2.48. The zero-order valence-corrected chi connectivity index (χ0v) is 12.1. The summed E-state index contributed by atoms with van der Waals surface area (Å²) in [6, 6.07) is 5.68. The van der Waals surface area contributed by atoms with Crippen LogP contribution in [0.5, 0.6) is 0 Å². The number of hydrogen-bond donors (Lipinski definition) is 1. The fraction of sp³-hybridized carbons (Fsp3) is 0.625. The van der Waals surface area contributed by atoms with Gasteiger partial charge in [0.1, 0.15) is 5.82 Å². The number of halogens is 1. The predicted octanol–water partition coefficient (Wildman–Crippen LogP) is 3.60. The molecule has 19 heavy (non-hydrogen) atoms. The summed E-state index contributed by atoms with van der Waals surface area (Å²) in [4.78, 5) is 0. The van der Waals surface area contributed by atoms with E-state index < -0.39 is 0 Å². The Morgan fingerprint density at radius 1 is 1.42 bits per heavy atom. The predicted molar refractivity (Wildman–Crippen MR) is 75.7 cm³/mol. The van der Waals surface area contributed by atoms with Gasteiger partial charge in [-0.25, -0.2) is 4.39 Å². The minimum absolute atomic E-state index is 0.119. The van der Waals surface area contributed by atoms with Crippen molar-refractivity contribution in [1.82, 2.24) is 5.32 Å². The minimum Gasteiger partial charge on any atom is -0.385 e. The fourth-order valence-electron chi connectivity index (χ4n) is 2.38. The van der Waals surface area contributed by atoms with Crippen molar-refractivity contribution >= 4 is 0 Å². The van der Waals surface area contributed by atoms with Gasteiger partial charge in [0, 0.05) is 26.3 Å². The maximum Gasteiger partial charge on any atom is 0.126 e. The van der Waals surface area contributed by atoms with Crippen LogP contribution in [0.4, 0.5) is 4.39 Å². The van der Waals surface area contributed by atoms with Crippen LogP contribution in [0.25, 0.3) is 0 Å². The zero-order valence-electron chi connectivity index (χ0n) is 12.1. The average Bonchev–Trinajstić information content (AvgIpc) is 3.17. The molecule has 2 nitrogen and oxygen atoms in total. The molecular formula is C16H24FNO. The molecule has 1 saturated carbocycles. The number of nitrogens with one attached hydrogen (secondary N) is 1. The van der Waals surface area contributed by atoms with E-state index in [2.05, 4.69) is 12.2 Å². The first-order valence-corrected chi connectivity index (χ1v) is 7.05. The van der Waals surface area contributed by atoms with E-state index in [4.69, 9.17) is 4.74 Å². The summed E-state index contributed by atoms with van der Waals surface area (Å²) in [6.45, 7) is 5.71. The van der Waals surface area contributed by atoms with Crippen molar-refractivity contribution in [2.24, 2.45) is 5.41 Å². The molecule has 1 aromatic rings. The Labute approximate surface area is 115 Å². The van der Waals surface area contributed by atoms with Crippen molar-refractivity contribution < 1.29 is 9.13 Å². The second-order valence-electron chi connectivity index (χ2n) is 5.85. The Kier molecular flexibility index (Phi) is 4.58. The van der Waals surface area contributed by atoms with E-state index in [9.17, 15) is 4.39 Å². The van der Waals surface area contributed by atoms with Crippen molar-refractivity contribution in [3.05, 3.63) is 35.1 Å². The molecule has 1 unspecified atom stereocenters. The molecule has 0 radical (unpaired) electrons. The van der Waals surface area contributed by atoms with E-state index in [1.807, 2.05) is 12.1 Å². The van der Waals surface area contributed by atoms with Crippen molar-refractivity contribution in [2.75, 3.05) is 20.3 Å². The molecule has 2 rings (SSSR count). The summed E-state index contributed by atoms with van der Waals surface area (Å²) < 4.78 is 18.7. The third kappa shape index (κ3) is 3.77. The highest BCUT2D eigenvalue weighted by molar-refractivity contribution is 5.25. The highest BCUT2D eigenvalue weighted by Gasteiger charge is 2.41. The molecule has 1 aliphatic rings. The lowest BCUT2D eigenvalue weighted by Crippen LogP contribution is -2.27. The Morgan fingerprint density at radius 2 is 2.16 bits per heavy atom. The molecule has 0 spiro atoms. The third-order valence-electron chi connectivity index (χ3n) is 4.27. The molecule has 1 aromatic carbocycles. The Balaban J connectivity index is 1.87. The molecule has 3 heteroatoms. The fourth-order valence-corrected chi connectivity index (χ4v) is 2.38. The third-order valence-corrected chi connectivity index (χ3v) is 4.27. The number of aryl methyl sites for hydroxylation is 1. The SMILES string of the molecule is COCCC1(CNC(C)c2ccc(C)c(F)c2)CC1. The number of hydrogen-bond acceptors (Lipinski definition) is 2. The van der Waals surface area contributed by atoms with Gasteiger partial charge >= 0.3 is 0 Å². The van der Waals surface area contributed by atoms with Gasteiger partial charge < -0.3 is 10.1 Å². The molecule has 106 valence electrons. The minimum atomic E-state index is -0.119. The number of rotatable bonds is 7. The van der Waals surface area contributed by atoms with Crippen LogP contribution in [0.1, 0.15) is 43.4 Å². The second kappa shape index (κ2) is 6.02. The van der Waals surface area contributed by atoms with Crippen LogP contribution >= 0.6 is 0 Å². The monoisotopic (exact) mass is 265 g/mol. The van der Waals surface area contributed by atoms with Crippen LogP contribution in [0, 0.1) is 18.2 Å². The topological polar surface area (TPSA) is 21.3 Å². The van der Waals surface area contributed by atoms with Crippen molar-refractivity contribution in [1.29, 1.82) is 0 Å². The first-order valence-electron chi connectivity index (χ1n) is 7.05. The lowest BCUT2D eigenvalue weighted by Gasteiger charge is -2.20. The number of ether oxygens (including phenoxy) is 1. The molecule has 0 heterocycles. The summed E-state index contributed by atoms with van der Waals surface area (Å²) in [7, 11) is 1.75. The van der Waals surface area contributed by atoms with Crippen LogP contribution in [0.15, 0.2) is 18.2 Å². The van der Waals surface area contributed by atoms with Crippen LogP contribution in [0.2, 0.25) is 0 Å². The first kappa shape index (κ1) is 14.5. The molecular weight excluding hydrogens is 241 g/mol. The quantitative estimate of drug-likeness (QED) is 0.813. The van der Waals surface area contributed by atoms with Crippen LogP contribution in [-0.4, -0.2) is 20.3 Å². The van der Waals surface area contributed by atoms with Gasteiger partial charge in [-0.3, -0.25) is 0 Å². The van der Waals surface area contributed by atoms with Gasteiger partial charge in [-0.15, -0.1) is 0 Å². The Hall–Kier alpha value is -0.930. The number of methoxy groups -OCH3 is 1. The molecule has 0 aliphatic heterocycles. The van der Waals surface area contributed by atoms with Gasteiger partial charge in [-0.2, -0.15) is 0 Å². The van der Waals surface area contributed by atoms with Gasteiger partial charge in [0.15, 0.2) is 0 Å².